The predicted octanol–water partition coefficient (Wildman–Crippen LogP) is 14.7. The fourth-order valence-electron chi connectivity index (χ4n) is 8.81. The topological polar surface area (TPSA) is 86.8 Å². The summed E-state index contributed by atoms with van der Waals surface area (Å²) < 4.78 is 342. The van der Waals surface area contributed by atoms with Gasteiger partial charge in [-0.3, -0.25) is 9.59 Å². The van der Waals surface area contributed by atoms with Crippen LogP contribution in [0.3, 0.4) is 0 Å². The van der Waals surface area contributed by atoms with Crippen molar-refractivity contribution in [3.63, 3.8) is 0 Å². The highest BCUT2D eigenvalue weighted by atomic mass is 19.4. The lowest BCUT2D eigenvalue weighted by Gasteiger charge is -2.46. The van der Waals surface area contributed by atoms with E-state index in [0.29, 0.717) is 11.3 Å². The van der Waals surface area contributed by atoms with Gasteiger partial charge in [0.25, 0.3) is 5.69 Å². The molecule has 0 radical (unpaired) electrons. The fraction of sp³-hybridized carbons (Fsp3) is 0.196. The number of aromatic nitrogens is 1. The maximum absolute atomic E-state index is 14.2. The maximum atomic E-state index is 14.2. The molecule has 0 bridgehead atoms. The third-order valence-electron chi connectivity index (χ3n) is 12.3. The minimum absolute atomic E-state index is 0.0339. The van der Waals surface area contributed by atoms with Gasteiger partial charge in [0.1, 0.15) is 6.15 Å². The summed E-state index contributed by atoms with van der Waals surface area (Å²) in [5.41, 5.74) is -20.8. The van der Waals surface area contributed by atoms with Crippen molar-refractivity contribution >= 4 is 50.3 Å². The van der Waals surface area contributed by atoms with E-state index in [1.807, 2.05) is 36.4 Å². The molecule has 0 aliphatic rings. The molecule has 0 spiro atoms. The molecule has 6 aromatic carbocycles. The summed E-state index contributed by atoms with van der Waals surface area (Å²) in [4.78, 5) is 27.7. The van der Waals surface area contributed by atoms with Crippen LogP contribution in [0.25, 0.3) is 21.2 Å². The van der Waals surface area contributed by atoms with Crippen molar-refractivity contribution in [2.75, 3.05) is 6.54 Å². The number of carbonyl (C=O) groups excluding carboxylic acids is 2. The zero-order valence-corrected chi connectivity index (χ0v) is 39.9. The highest BCUT2D eigenvalue weighted by Gasteiger charge is 2.47. The van der Waals surface area contributed by atoms with Crippen molar-refractivity contribution in [1.29, 1.82) is 0 Å². The van der Waals surface area contributed by atoms with Crippen LogP contribution in [0.1, 0.15) is 65.4 Å². The number of hydrogen-bond donors (Lipinski definition) is 0. The van der Waals surface area contributed by atoms with E-state index < -0.39 is 195 Å². The van der Waals surface area contributed by atoms with E-state index in [9.17, 15) is 115 Å². The van der Waals surface area contributed by atoms with Crippen LogP contribution < -0.4 is 26.4 Å². The normalized spacial score (nSPS) is 13.1. The Morgan fingerprint density at radius 2 is 0.695 bits per heavy atom. The number of ketones is 2. The maximum Gasteiger partial charge on any atom is 0.416 e. The molecule has 0 atom stereocenters. The van der Waals surface area contributed by atoms with E-state index in [1.54, 1.807) is 35.0 Å². The van der Waals surface area contributed by atoms with Crippen LogP contribution >= 0.6 is 0 Å². The Morgan fingerprint density at radius 1 is 0.402 bits per heavy atom. The summed E-state index contributed by atoms with van der Waals surface area (Å²) in [7, 11) is 0. The number of alkyl halides is 24. The average Bonchev–Trinajstić information content (AvgIpc) is 1.18. The van der Waals surface area contributed by atoms with E-state index >= 15 is 0 Å². The molecule has 7 aromatic rings. The Labute approximate surface area is 442 Å². The van der Waals surface area contributed by atoms with Crippen LogP contribution in [0.2, 0.25) is 0 Å². The minimum atomic E-state index is -6.13. The Kier molecular flexibility index (Phi) is 17.1. The van der Waals surface area contributed by atoms with Gasteiger partial charge in [-0.05, 0) is 41.2 Å². The summed E-state index contributed by atoms with van der Waals surface area (Å²) in [6.45, 7) is -0.254. The Bertz CT molecular complexity index is 3150. The molecule has 0 aliphatic heterocycles. The van der Waals surface area contributed by atoms with E-state index in [2.05, 4.69) is 10.0 Å². The summed E-state index contributed by atoms with van der Waals surface area (Å²) in [5, 5.41) is 4.98. The highest BCUT2D eigenvalue weighted by Crippen LogP contribution is 2.41. The summed E-state index contributed by atoms with van der Waals surface area (Å²) in [6, 6.07) is 9.39. The van der Waals surface area contributed by atoms with Gasteiger partial charge >= 0.3 is 49.4 Å². The van der Waals surface area contributed by atoms with Crippen molar-refractivity contribution in [1.82, 2.24) is 0 Å². The van der Waals surface area contributed by atoms with Gasteiger partial charge in [-0.25, -0.2) is 0 Å². The van der Waals surface area contributed by atoms with E-state index in [0.717, 1.165) is 10.8 Å². The number of azide groups is 1. The van der Waals surface area contributed by atoms with E-state index in [-0.39, 0.29) is 24.7 Å². The van der Waals surface area contributed by atoms with Crippen molar-refractivity contribution in [3.8, 4) is 0 Å². The molecule has 0 amide bonds. The molecule has 0 N–H and O–H groups in total. The number of Topliss-reactive ketones (excluding diaryl/α,β-unsaturated/α-hetero) is 2. The summed E-state index contributed by atoms with van der Waals surface area (Å²) in [6.07, 6.45) is -53.1. The molecule has 434 valence electrons. The number of pyridine rings is 1. The van der Waals surface area contributed by atoms with Crippen molar-refractivity contribution in [2.45, 2.75) is 56.0 Å². The molecule has 0 saturated heterocycles. The van der Waals surface area contributed by atoms with Gasteiger partial charge in [0.2, 0.25) is 18.1 Å². The lowest BCUT2D eigenvalue weighted by Crippen LogP contribution is -2.75. The second kappa shape index (κ2) is 22.3. The third kappa shape index (κ3) is 14.1. The van der Waals surface area contributed by atoms with Gasteiger partial charge < -0.3 is 0 Å². The monoisotopic (exact) mass is 1190 g/mol. The van der Waals surface area contributed by atoms with E-state index in [1.165, 1.54) is 0 Å². The molecule has 1 heterocycles. The standard InChI is InChI=1S/C32H12BF24.C19H15N4O2/c34-25(35,36)13-1-14(26(37,38)39)6-21(5-13)33(22-7-15(27(40,41)42)2-16(8-22)28(43,44)45,23-9-17(29(46,47)48)3-18(10-23)30(49,50)51)24-11-19(31(52,53)54)4-20(12-24)32(55,56)57;20-22-21-12-17(24)19-16-9-5-4-6-14(16)10-11-23(19)13-18(25)15-7-2-1-3-8-15/h1-12H;1-11H,12-13H2/q-1;+1. The molecular formula is C51H27BF24N4O2. The minimum Gasteiger partial charge on any atom is -0.287 e. The summed E-state index contributed by atoms with van der Waals surface area (Å²) in [5.74, 6) is -0.422. The van der Waals surface area contributed by atoms with Crippen LogP contribution in [-0.2, 0) is 56.0 Å². The van der Waals surface area contributed by atoms with E-state index in [4.69, 9.17) is 5.53 Å². The van der Waals surface area contributed by atoms with Gasteiger partial charge in [0, 0.05) is 16.5 Å². The smallest absolute Gasteiger partial charge is 0.287 e. The zero-order valence-electron chi connectivity index (χ0n) is 39.9. The first-order valence-electron chi connectivity index (χ1n) is 22.4. The van der Waals surface area contributed by atoms with Crippen LogP contribution in [0.15, 0.2) is 145 Å². The highest BCUT2D eigenvalue weighted by molar-refractivity contribution is 7.20. The molecule has 1 aromatic heterocycles. The number of halogens is 24. The molecule has 0 saturated carbocycles. The number of carbonyl (C=O) groups is 2. The van der Waals surface area contributed by atoms with Gasteiger partial charge in [-0.2, -0.15) is 132 Å². The van der Waals surface area contributed by atoms with Crippen LogP contribution in [-0.4, -0.2) is 24.3 Å². The van der Waals surface area contributed by atoms with Gasteiger partial charge in [0.15, 0.2) is 6.20 Å². The van der Waals surface area contributed by atoms with Crippen molar-refractivity contribution in [3.05, 3.63) is 206 Å². The number of rotatable bonds is 10. The largest absolute Gasteiger partial charge is 0.416 e. The second-order valence-corrected chi connectivity index (χ2v) is 17.7. The van der Waals surface area contributed by atoms with Crippen molar-refractivity contribution < 1.29 is 120 Å². The molecule has 6 nitrogen and oxygen atoms in total. The molecule has 0 aliphatic carbocycles. The SMILES string of the molecule is FC(F)(F)c1cc([B-](c2cc(C(F)(F)F)cc(C(F)(F)F)c2)(c2cc(C(F)(F)F)cc(C(F)(F)F)c2)c2cc(C(F)(F)F)cc(C(F)(F)F)c2)cc(C(F)(F)F)c1.[N-]=[N+]=NCC(=O)c1c2ccccc2cc[n+]1CC(=O)c1ccccc1. The number of fused-ring (bicyclic) bond motifs is 1. The quantitative estimate of drug-likeness (QED) is 0.0260. The molecule has 31 heteroatoms. The lowest BCUT2D eigenvalue weighted by molar-refractivity contribution is -0.683. The predicted molar refractivity (Wildman–Crippen MR) is 243 cm³/mol. The van der Waals surface area contributed by atoms with Crippen LogP contribution in [0, 0.1) is 0 Å². The van der Waals surface area contributed by atoms with Crippen molar-refractivity contribution in [2.24, 2.45) is 5.11 Å². The Morgan fingerprint density at radius 3 is 0.988 bits per heavy atom. The molecule has 7 rings (SSSR count). The summed E-state index contributed by atoms with van der Waals surface area (Å²) >= 11 is 0. The number of benzene rings is 6. The van der Waals surface area contributed by atoms with Crippen LogP contribution in [0.5, 0.6) is 0 Å². The lowest BCUT2D eigenvalue weighted by atomic mass is 9.12. The fourth-order valence-corrected chi connectivity index (χ4v) is 8.81. The van der Waals surface area contributed by atoms with Gasteiger partial charge in [-0.15, -0.1) is 0 Å². The van der Waals surface area contributed by atoms with Gasteiger partial charge in [0.05, 0.1) is 56.4 Å². The van der Waals surface area contributed by atoms with Gasteiger partial charge in [-0.1, -0.05) is 102 Å². The molecule has 0 fully saturated rings. The Hall–Kier alpha value is -8.24. The molecular weight excluding hydrogens is 1170 g/mol. The second-order valence-electron chi connectivity index (χ2n) is 17.7. The Balaban J connectivity index is 0.000000357. The first kappa shape index (κ1) is 63.0. The number of nitrogens with zero attached hydrogens (tertiary/aromatic N) is 4. The molecule has 82 heavy (non-hydrogen) atoms. The van der Waals surface area contributed by atoms with Crippen LogP contribution in [0.4, 0.5) is 105 Å². The number of hydrogen-bond acceptors (Lipinski definition) is 3. The first-order chi connectivity index (χ1) is 37.5. The average molecular weight is 1190 g/mol. The zero-order chi connectivity index (χ0) is 61.6. The molecule has 0 unspecified atom stereocenters. The third-order valence-corrected chi connectivity index (χ3v) is 12.3. The first-order valence-corrected chi connectivity index (χ1v) is 22.4.